The van der Waals surface area contributed by atoms with E-state index in [1.807, 2.05) is 0 Å². The second-order valence-electron chi connectivity index (χ2n) is 5.79. The van der Waals surface area contributed by atoms with E-state index in [4.69, 9.17) is 0 Å². The maximum absolute atomic E-state index is 13.7. The van der Waals surface area contributed by atoms with Crippen LogP contribution in [0.25, 0.3) is 0 Å². The number of halogens is 2. The van der Waals surface area contributed by atoms with E-state index in [1.54, 1.807) is 0 Å². The summed E-state index contributed by atoms with van der Waals surface area (Å²) in [6.45, 7) is 1.93. The number of carbonyl (C=O) groups excluding carboxylic acids is 1. The lowest BCUT2D eigenvalue weighted by Gasteiger charge is -2.26. The number of hydrogen-bond donors (Lipinski definition) is 2. The van der Waals surface area contributed by atoms with Gasteiger partial charge in [-0.1, -0.05) is 12.5 Å². The molecule has 3 atom stereocenters. The Bertz CT molecular complexity index is 487. The Hall–Kier alpha value is -1.49. The molecule has 1 aliphatic rings. The van der Waals surface area contributed by atoms with Crippen molar-refractivity contribution in [3.63, 3.8) is 0 Å². The number of amides is 1. The third-order valence-corrected chi connectivity index (χ3v) is 4.15. The topological polar surface area (TPSA) is 49.3 Å². The van der Waals surface area contributed by atoms with Gasteiger partial charge in [-0.3, -0.25) is 4.79 Å². The fourth-order valence-corrected chi connectivity index (χ4v) is 2.90. The first kappa shape index (κ1) is 15.9. The lowest BCUT2D eigenvalue weighted by atomic mass is 9.87. The molecule has 0 saturated heterocycles. The monoisotopic (exact) mass is 297 g/mol. The van der Waals surface area contributed by atoms with Crippen LogP contribution in [0, 0.1) is 17.6 Å². The van der Waals surface area contributed by atoms with Crippen LogP contribution in [0.2, 0.25) is 0 Å². The molecule has 0 bridgehead atoms. The van der Waals surface area contributed by atoms with Gasteiger partial charge in [0.2, 0.25) is 5.91 Å². The summed E-state index contributed by atoms with van der Waals surface area (Å²) in [7, 11) is 0. The van der Waals surface area contributed by atoms with Crippen molar-refractivity contribution < 1.29 is 18.7 Å². The van der Waals surface area contributed by atoms with Crippen LogP contribution in [-0.2, 0) is 4.79 Å². The molecule has 1 fully saturated rings. The number of hydrogen-bond acceptors (Lipinski definition) is 2. The van der Waals surface area contributed by atoms with Gasteiger partial charge in [-0.25, -0.2) is 8.78 Å². The highest BCUT2D eigenvalue weighted by atomic mass is 19.1. The van der Waals surface area contributed by atoms with E-state index in [0.717, 1.165) is 31.4 Å². The number of rotatable bonds is 4. The molecule has 3 unspecified atom stereocenters. The third kappa shape index (κ3) is 4.00. The Labute approximate surface area is 123 Å². The highest BCUT2D eigenvalue weighted by molar-refractivity contribution is 5.83. The molecule has 0 radical (unpaired) electrons. The van der Waals surface area contributed by atoms with Crippen molar-refractivity contribution in [3.05, 3.63) is 35.4 Å². The summed E-state index contributed by atoms with van der Waals surface area (Å²) in [5, 5.41) is 12.3. The summed E-state index contributed by atoms with van der Waals surface area (Å²) >= 11 is 0. The first-order valence-electron chi connectivity index (χ1n) is 7.38. The van der Waals surface area contributed by atoms with Gasteiger partial charge in [-0.05, 0) is 44.2 Å². The predicted octanol–water partition coefficient (Wildman–Crippen LogP) is 2.74. The molecule has 0 aliphatic heterocycles. The van der Waals surface area contributed by atoms with E-state index < -0.39 is 17.6 Å². The number of carbonyl (C=O) groups is 1. The summed E-state index contributed by atoms with van der Waals surface area (Å²) in [5.41, 5.74) is -0.196. The second kappa shape index (κ2) is 6.98. The summed E-state index contributed by atoms with van der Waals surface area (Å²) in [5.74, 6) is -2.44. The van der Waals surface area contributed by atoms with Gasteiger partial charge in [0.05, 0.1) is 12.0 Å². The number of nitrogens with one attached hydrogen (secondary N) is 1. The van der Waals surface area contributed by atoms with E-state index in [2.05, 4.69) is 5.32 Å². The highest BCUT2D eigenvalue weighted by Crippen LogP contribution is 2.25. The molecule has 1 aliphatic carbocycles. The zero-order valence-electron chi connectivity index (χ0n) is 12.1. The molecule has 2 rings (SSSR count). The summed E-state index contributed by atoms with van der Waals surface area (Å²) in [6.07, 6.45) is 3.07. The fourth-order valence-electron chi connectivity index (χ4n) is 2.90. The number of aliphatic hydroxyl groups is 1. The lowest BCUT2D eigenvalue weighted by molar-refractivity contribution is -0.122. The first-order valence-corrected chi connectivity index (χ1v) is 7.38. The van der Waals surface area contributed by atoms with Crippen LogP contribution in [0.4, 0.5) is 8.78 Å². The van der Waals surface area contributed by atoms with Gasteiger partial charge in [0.15, 0.2) is 0 Å². The lowest BCUT2D eigenvalue weighted by Crippen LogP contribution is -2.35. The number of benzene rings is 1. The average molecular weight is 297 g/mol. The quantitative estimate of drug-likeness (QED) is 0.898. The van der Waals surface area contributed by atoms with Crippen molar-refractivity contribution in [2.45, 2.75) is 44.6 Å². The maximum Gasteiger partial charge on any atom is 0.227 e. The van der Waals surface area contributed by atoms with Gasteiger partial charge < -0.3 is 10.4 Å². The summed E-state index contributed by atoms with van der Waals surface area (Å²) in [6, 6.07) is 3.58. The Morgan fingerprint density at radius 3 is 2.67 bits per heavy atom. The van der Waals surface area contributed by atoms with E-state index in [1.165, 1.54) is 13.0 Å². The molecule has 0 aromatic heterocycles. The molecule has 1 aromatic rings. The molecule has 1 saturated carbocycles. The van der Waals surface area contributed by atoms with E-state index in [0.29, 0.717) is 13.0 Å². The van der Waals surface area contributed by atoms with Gasteiger partial charge >= 0.3 is 0 Å². The summed E-state index contributed by atoms with van der Waals surface area (Å²) < 4.78 is 27.3. The van der Waals surface area contributed by atoms with Gasteiger partial charge in [-0.2, -0.15) is 0 Å². The molecule has 0 heterocycles. The molecule has 116 valence electrons. The average Bonchev–Trinajstić information content (AvgIpc) is 2.44. The molecule has 5 heteroatoms. The second-order valence-corrected chi connectivity index (χ2v) is 5.79. The van der Waals surface area contributed by atoms with Crippen molar-refractivity contribution in [2.24, 2.45) is 5.92 Å². The van der Waals surface area contributed by atoms with Gasteiger partial charge in [0, 0.05) is 12.1 Å². The molecule has 1 amide bonds. The highest BCUT2D eigenvalue weighted by Gasteiger charge is 2.25. The molecule has 1 aromatic carbocycles. The van der Waals surface area contributed by atoms with Crippen LogP contribution >= 0.6 is 0 Å². The molecule has 2 N–H and O–H groups in total. The Morgan fingerprint density at radius 1 is 1.38 bits per heavy atom. The van der Waals surface area contributed by atoms with Crippen LogP contribution in [0.1, 0.15) is 44.1 Å². The summed E-state index contributed by atoms with van der Waals surface area (Å²) in [4.78, 5) is 12.1. The fraction of sp³-hybridized carbons (Fsp3) is 0.562. The first-order chi connectivity index (χ1) is 9.99. The van der Waals surface area contributed by atoms with Crippen LogP contribution in [0.15, 0.2) is 18.2 Å². The molecule has 3 nitrogen and oxygen atoms in total. The Morgan fingerprint density at radius 2 is 2.05 bits per heavy atom. The van der Waals surface area contributed by atoms with Crippen LogP contribution in [0.3, 0.4) is 0 Å². The van der Waals surface area contributed by atoms with Crippen molar-refractivity contribution in [2.75, 3.05) is 6.54 Å². The Kier molecular flexibility index (Phi) is 5.28. The largest absolute Gasteiger partial charge is 0.393 e. The van der Waals surface area contributed by atoms with Crippen molar-refractivity contribution >= 4 is 5.91 Å². The van der Waals surface area contributed by atoms with Gasteiger partial charge in [0.25, 0.3) is 0 Å². The molecular formula is C16H21F2NO2. The van der Waals surface area contributed by atoms with E-state index in [-0.39, 0.29) is 23.5 Å². The van der Waals surface area contributed by atoms with E-state index >= 15 is 0 Å². The molecule has 21 heavy (non-hydrogen) atoms. The van der Waals surface area contributed by atoms with Crippen molar-refractivity contribution in [3.8, 4) is 0 Å². The van der Waals surface area contributed by atoms with Gasteiger partial charge in [0.1, 0.15) is 11.6 Å². The van der Waals surface area contributed by atoms with Crippen LogP contribution in [0.5, 0.6) is 0 Å². The SMILES string of the molecule is CC(C(=O)NCC1CCCC(O)C1)c1c(F)cccc1F. The van der Waals surface area contributed by atoms with Crippen molar-refractivity contribution in [1.29, 1.82) is 0 Å². The normalized spacial score (nSPS) is 23.6. The van der Waals surface area contributed by atoms with E-state index in [9.17, 15) is 18.7 Å². The maximum atomic E-state index is 13.7. The minimum absolute atomic E-state index is 0.196. The van der Waals surface area contributed by atoms with Crippen LogP contribution in [-0.4, -0.2) is 23.7 Å². The van der Waals surface area contributed by atoms with Crippen LogP contribution < -0.4 is 5.32 Å². The Balaban J connectivity index is 1.93. The standard InChI is InChI=1S/C16H21F2NO2/c1-10(15-13(17)6-3-7-14(15)18)16(21)19-9-11-4-2-5-12(20)8-11/h3,6-7,10-12,20H,2,4-5,8-9H2,1H3,(H,19,21). The number of aliphatic hydroxyl groups excluding tert-OH is 1. The smallest absolute Gasteiger partial charge is 0.227 e. The third-order valence-electron chi connectivity index (χ3n) is 4.15. The van der Waals surface area contributed by atoms with Gasteiger partial charge in [-0.15, -0.1) is 0 Å². The molecular weight excluding hydrogens is 276 g/mol. The zero-order valence-corrected chi connectivity index (χ0v) is 12.1. The zero-order chi connectivity index (χ0) is 15.4. The minimum atomic E-state index is -0.875. The minimum Gasteiger partial charge on any atom is -0.393 e. The predicted molar refractivity (Wildman–Crippen MR) is 75.7 cm³/mol. The molecule has 0 spiro atoms. The van der Waals surface area contributed by atoms with Crippen molar-refractivity contribution in [1.82, 2.24) is 5.32 Å².